The molecule has 0 atom stereocenters. The number of amides is 1. The van der Waals surface area contributed by atoms with E-state index in [1.54, 1.807) is 0 Å². The van der Waals surface area contributed by atoms with E-state index >= 15 is 0 Å². The molecule has 2 N–H and O–H groups in total. The van der Waals surface area contributed by atoms with Crippen LogP contribution in [0.5, 0.6) is 0 Å². The summed E-state index contributed by atoms with van der Waals surface area (Å²) in [7, 11) is 0. The Morgan fingerprint density at radius 1 is 1.35 bits per heavy atom. The first kappa shape index (κ1) is 12.4. The average Bonchev–Trinajstić information content (AvgIpc) is 2.33. The summed E-state index contributed by atoms with van der Waals surface area (Å²) in [6.07, 6.45) is 0.824. The molecule has 1 aromatic carbocycles. The van der Waals surface area contributed by atoms with Crippen molar-refractivity contribution < 1.29 is 9.90 Å². The molecule has 2 rings (SSSR count). The molecule has 0 aliphatic carbocycles. The topological polar surface area (TPSA) is 52.6 Å². The van der Waals surface area contributed by atoms with Crippen molar-refractivity contribution in [2.24, 2.45) is 0 Å². The zero-order valence-corrected chi connectivity index (χ0v) is 11.0. The van der Waals surface area contributed by atoms with E-state index in [1.165, 1.54) is 4.90 Å². The van der Waals surface area contributed by atoms with Crippen LogP contribution in [0.1, 0.15) is 12.8 Å². The van der Waals surface area contributed by atoms with Crippen LogP contribution in [0.3, 0.4) is 0 Å². The maximum atomic E-state index is 11.4. The molecule has 0 spiro atoms. The fourth-order valence-corrected chi connectivity index (χ4v) is 2.64. The summed E-state index contributed by atoms with van der Waals surface area (Å²) in [4.78, 5) is 12.9. The summed E-state index contributed by atoms with van der Waals surface area (Å²) < 4.78 is 0.820. The lowest BCUT2D eigenvalue weighted by molar-refractivity contribution is 0.197. The zero-order valence-electron chi connectivity index (χ0n) is 9.40. The molecule has 0 aromatic heterocycles. The van der Waals surface area contributed by atoms with Gasteiger partial charge in [0.25, 0.3) is 0 Å². The number of rotatable bonds is 2. The van der Waals surface area contributed by atoms with Crippen LogP contribution < -0.4 is 10.2 Å². The number of anilines is 1. The first-order valence-electron chi connectivity index (χ1n) is 5.67. The fourth-order valence-electron chi connectivity index (χ4n) is 2.17. The number of benzene rings is 1. The minimum absolute atomic E-state index is 0.0625. The summed E-state index contributed by atoms with van der Waals surface area (Å²) >= 11 is 3.41. The largest absolute Gasteiger partial charge is 0.465 e. The quantitative estimate of drug-likeness (QED) is 0.883. The van der Waals surface area contributed by atoms with Crippen molar-refractivity contribution in [3.8, 4) is 0 Å². The van der Waals surface area contributed by atoms with E-state index in [4.69, 9.17) is 0 Å². The smallest absolute Gasteiger partial charge is 0.412 e. The third kappa shape index (κ3) is 2.79. The number of halogens is 1. The van der Waals surface area contributed by atoms with Gasteiger partial charge in [-0.2, -0.15) is 0 Å². The molecule has 1 heterocycles. The number of nitrogens with one attached hydrogen (secondary N) is 1. The van der Waals surface area contributed by atoms with Crippen LogP contribution in [0.25, 0.3) is 0 Å². The van der Waals surface area contributed by atoms with Gasteiger partial charge in [-0.05, 0) is 54.0 Å². The number of hydrogen-bond acceptors (Lipinski definition) is 2. The van der Waals surface area contributed by atoms with Crippen molar-refractivity contribution in [2.45, 2.75) is 18.9 Å². The van der Waals surface area contributed by atoms with Crippen molar-refractivity contribution >= 4 is 27.7 Å². The van der Waals surface area contributed by atoms with E-state index in [9.17, 15) is 9.90 Å². The van der Waals surface area contributed by atoms with Gasteiger partial charge in [0, 0.05) is 10.5 Å². The molecule has 17 heavy (non-hydrogen) atoms. The lowest BCUT2D eigenvalue weighted by atomic mass is 10.0. The molecule has 1 aromatic rings. The Kier molecular flexibility index (Phi) is 4.02. The number of carbonyl (C=O) groups is 1. The van der Waals surface area contributed by atoms with E-state index in [2.05, 4.69) is 21.2 Å². The van der Waals surface area contributed by atoms with Gasteiger partial charge in [-0.25, -0.2) is 4.79 Å². The molecule has 1 aliphatic rings. The molecule has 1 aliphatic heterocycles. The Balaban J connectivity index is 2.28. The maximum Gasteiger partial charge on any atom is 0.412 e. The van der Waals surface area contributed by atoms with Crippen molar-refractivity contribution in [3.63, 3.8) is 0 Å². The third-order valence-corrected chi connectivity index (χ3v) is 3.66. The van der Waals surface area contributed by atoms with Crippen LogP contribution in [0.2, 0.25) is 0 Å². The van der Waals surface area contributed by atoms with Crippen LogP contribution >= 0.6 is 15.9 Å². The van der Waals surface area contributed by atoms with Gasteiger partial charge in [-0.1, -0.05) is 12.1 Å². The van der Waals surface area contributed by atoms with Crippen LogP contribution in [0, 0.1) is 0 Å². The minimum Gasteiger partial charge on any atom is -0.465 e. The van der Waals surface area contributed by atoms with Gasteiger partial charge in [0.15, 0.2) is 0 Å². The Bertz CT molecular complexity index is 405. The molecule has 1 fully saturated rings. The van der Waals surface area contributed by atoms with Crippen molar-refractivity contribution in [1.82, 2.24) is 5.32 Å². The SMILES string of the molecule is O=C(O)N(c1ccccc1Br)C1CCNCC1. The van der Waals surface area contributed by atoms with Gasteiger partial charge in [0.05, 0.1) is 5.69 Å². The molecule has 1 saturated heterocycles. The first-order chi connectivity index (χ1) is 8.20. The van der Waals surface area contributed by atoms with Crippen LogP contribution in [0.4, 0.5) is 10.5 Å². The Morgan fingerprint density at radius 3 is 2.59 bits per heavy atom. The monoisotopic (exact) mass is 298 g/mol. The van der Waals surface area contributed by atoms with Gasteiger partial charge < -0.3 is 10.4 Å². The highest BCUT2D eigenvalue weighted by atomic mass is 79.9. The number of para-hydroxylation sites is 1. The summed E-state index contributed by atoms with van der Waals surface area (Å²) in [6.45, 7) is 1.75. The fraction of sp³-hybridized carbons (Fsp3) is 0.417. The van der Waals surface area contributed by atoms with Crippen molar-refractivity contribution in [2.75, 3.05) is 18.0 Å². The van der Waals surface area contributed by atoms with Crippen LogP contribution in [0.15, 0.2) is 28.7 Å². The molecule has 0 saturated carbocycles. The normalized spacial score (nSPS) is 16.8. The van der Waals surface area contributed by atoms with Gasteiger partial charge in [-0.3, -0.25) is 4.90 Å². The zero-order chi connectivity index (χ0) is 12.3. The van der Waals surface area contributed by atoms with Gasteiger partial charge in [0.2, 0.25) is 0 Å². The third-order valence-electron chi connectivity index (χ3n) is 2.99. The second kappa shape index (κ2) is 5.51. The molecule has 1 amide bonds. The van der Waals surface area contributed by atoms with E-state index in [0.29, 0.717) is 0 Å². The first-order valence-corrected chi connectivity index (χ1v) is 6.47. The molecule has 4 nitrogen and oxygen atoms in total. The predicted molar refractivity (Wildman–Crippen MR) is 70.5 cm³/mol. The maximum absolute atomic E-state index is 11.4. The summed E-state index contributed by atoms with van der Waals surface area (Å²) in [5.41, 5.74) is 0.729. The highest BCUT2D eigenvalue weighted by Gasteiger charge is 2.27. The van der Waals surface area contributed by atoms with Crippen molar-refractivity contribution in [3.05, 3.63) is 28.7 Å². The second-order valence-electron chi connectivity index (χ2n) is 4.09. The number of piperidine rings is 1. The van der Waals surface area contributed by atoms with Gasteiger partial charge in [-0.15, -0.1) is 0 Å². The Hall–Kier alpha value is -1.07. The number of nitrogens with zero attached hydrogens (tertiary/aromatic N) is 1. The molecule has 0 unspecified atom stereocenters. The van der Waals surface area contributed by atoms with E-state index in [0.717, 1.165) is 36.1 Å². The molecular weight excluding hydrogens is 284 g/mol. The lowest BCUT2D eigenvalue weighted by Gasteiger charge is -2.33. The van der Waals surface area contributed by atoms with Crippen LogP contribution in [-0.4, -0.2) is 30.3 Å². The molecule has 0 bridgehead atoms. The molecule has 5 heteroatoms. The van der Waals surface area contributed by atoms with Crippen LogP contribution in [-0.2, 0) is 0 Å². The lowest BCUT2D eigenvalue weighted by Crippen LogP contribution is -2.46. The molecule has 92 valence electrons. The molecular formula is C12H15BrN2O2. The number of carboxylic acid groups (broad SMARTS) is 1. The number of hydrogen-bond donors (Lipinski definition) is 2. The summed E-state index contributed by atoms with van der Waals surface area (Å²) in [5, 5.41) is 12.6. The highest BCUT2D eigenvalue weighted by Crippen LogP contribution is 2.29. The Morgan fingerprint density at radius 2 is 2.00 bits per heavy atom. The second-order valence-corrected chi connectivity index (χ2v) is 4.94. The summed E-state index contributed by atoms with van der Waals surface area (Å²) in [6, 6.07) is 7.51. The average molecular weight is 299 g/mol. The summed E-state index contributed by atoms with van der Waals surface area (Å²) in [5.74, 6) is 0. The van der Waals surface area contributed by atoms with E-state index in [1.807, 2.05) is 24.3 Å². The molecule has 0 radical (unpaired) electrons. The highest BCUT2D eigenvalue weighted by molar-refractivity contribution is 9.10. The van der Waals surface area contributed by atoms with Gasteiger partial charge >= 0.3 is 6.09 Å². The van der Waals surface area contributed by atoms with E-state index in [-0.39, 0.29) is 6.04 Å². The minimum atomic E-state index is -0.885. The standard InChI is InChI=1S/C12H15BrN2O2/c13-10-3-1-2-4-11(10)15(12(16)17)9-5-7-14-8-6-9/h1-4,9,14H,5-8H2,(H,16,17). The predicted octanol–water partition coefficient (Wildman–Crippen LogP) is 2.69. The Labute approximate surface area is 109 Å². The van der Waals surface area contributed by atoms with E-state index < -0.39 is 6.09 Å². The van der Waals surface area contributed by atoms with Crippen molar-refractivity contribution in [1.29, 1.82) is 0 Å². The van der Waals surface area contributed by atoms with Gasteiger partial charge in [0.1, 0.15) is 0 Å².